The Kier molecular flexibility index (Phi) is 4.47. The molecule has 19 heavy (non-hydrogen) atoms. The molecule has 1 aromatic carbocycles. The van der Waals surface area contributed by atoms with E-state index in [0.717, 1.165) is 37.6 Å². The summed E-state index contributed by atoms with van der Waals surface area (Å²) in [4.78, 5) is 11.9. The highest BCUT2D eigenvalue weighted by Gasteiger charge is 2.24. The zero-order valence-corrected chi connectivity index (χ0v) is 10.9. The van der Waals surface area contributed by atoms with Gasteiger partial charge in [0.25, 0.3) is 0 Å². The predicted octanol–water partition coefficient (Wildman–Crippen LogP) is 1.97. The van der Waals surface area contributed by atoms with E-state index < -0.39 is 11.6 Å². The molecule has 0 aliphatic carbocycles. The molecular weight excluding hydrogens is 250 g/mol. The first-order chi connectivity index (χ1) is 9.06. The van der Waals surface area contributed by atoms with E-state index in [4.69, 9.17) is 0 Å². The van der Waals surface area contributed by atoms with Crippen molar-refractivity contribution < 1.29 is 13.6 Å². The zero-order chi connectivity index (χ0) is 13.8. The molecule has 0 radical (unpaired) electrons. The second-order valence-corrected chi connectivity index (χ2v) is 5.09. The number of hydrogen-bond donors (Lipinski definition) is 2. The molecule has 1 aliphatic rings. The maximum Gasteiger partial charge on any atom is 0.237 e. The molecule has 5 heteroatoms. The number of amides is 1. The van der Waals surface area contributed by atoms with Crippen LogP contribution in [0, 0.1) is 17.6 Å². The van der Waals surface area contributed by atoms with E-state index in [1.54, 1.807) is 0 Å². The van der Waals surface area contributed by atoms with Crippen molar-refractivity contribution in [1.29, 1.82) is 0 Å². The molecule has 2 N–H and O–H groups in total. The summed E-state index contributed by atoms with van der Waals surface area (Å²) in [5.74, 6) is -0.667. The average Bonchev–Trinajstić information content (AvgIpc) is 2.39. The summed E-state index contributed by atoms with van der Waals surface area (Å²) >= 11 is 0. The maximum absolute atomic E-state index is 13.4. The quantitative estimate of drug-likeness (QED) is 0.880. The number of nitrogens with one attached hydrogen (secondary N) is 2. The fraction of sp³-hybridized carbons (Fsp3) is 0.500. The van der Waals surface area contributed by atoms with Gasteiger partial charge in [0, 0.05) is 12.1 Å². The van der Waals surface area contributed by atoms with Gasteiger partial charge in [-0.3, -0.25) is 4.79 Å². The molecule has 1 aromatic rings. The normalized spacial score (nSPS) is 23.1. The number of halogens is 2. The SMILES string of the molecule is CC1CCNC(C(=O)NCc2cc(F)ccc2F)C1. The fourth-order valence-electron chi connectivity index (χ4n) is 2.29. The first-order valence-corrected chi connectivity index (χ1v) is 6.51. The van der Waals surface area contributed by atoms with Crippen LogP contribution in [0.1, 0.15) is 25.3 Å². The van der Waals surface area contributed by atoms with E-state index >= 15 is 0 Å². The van der Waals surface area contributed by atoms with E-state index in [1.165, 1.54) is 0 Å². The van der Waals surface area contributed by atoms with Crippen molar-refractivity contribution in [3.8, 4) is 0 Å². The standard InChI is InChI=1S/C14H18F2N2O/c1-9-4-5-17-13(6-9)14(19)18-8-10-7-11(15)2-3-12(10)16/h2-3,7,9,13,17H,4-6,8H2,1H3,(H,18,19). The zero-order valence-electron chi connectivity index (χ0n) is 10.9. The van der Waals surface area contributed by atoms with Crippen molar-refractivity contribution >= 4 is 5.91 Å². The lowest BCUT2D eigenvalue weighted by Gasteiger charge is -2.27. The molecule has 3 nitrogen and oxygen atoms in total. The van der Waals surface area contributed by atoms with Crippen LogP contribution < -0.4 is 10.6 Å². The molecule has 2 rings (SSSR count). The van der Waals surface area contributed by atoms with Crippen molar-refractivity contribution in [2.45, 2.75) is 32.4 Å². The van der Waals surface area contributed by atoms with Crippen LogP contribution in [-0.2, 0) is 11.3 Å². The molecule has 0 spiro atoms. The number of carbonyl (C=O) groups excluding carboxylic acids is 1. The lowest BCUT2D eigenvalue weighted by molar-refractivity contribution is -0.124. The highest BCUT2D eigenvalue weighted by atomic mass is 19.1. The molecule has 1 aliphatic heterocycles. The third kappa shape index (κ3) is 3.73. The molecule has 0 bridgehead atoms. The highest BCUT2D eigenvalue weighted by molar-refractivity contribution is 5.81. The molecule has 1 saturated heterocycles. The molecule has 0 aromatic heterocycles. The summed E-state index contributed by atoms with van der Waals surface area (Å²) < 4.78 is 26.4. The summed E-state index contributed by atoms with van der Waals surface area (Å²) in [7, 11) is 0. The minimum atomic E-state index is -0.508. The Morgan fingerprint density at radius 1 is 1.47 bits per heavy atom. The summed E-state index contributed by atoms with van der Waals surface area (Å²) in [6.07, 6.45) is 1.83. The topological polar surface area (TPSA) is 41.1 Å². The second-order valence-electron chi connectivity index (χ2n) is 5.09. The van der Waals surface area contributed by atoms with Crippen LogP contribution in [0.4, 0.5) is 8.78 Å². The highest BCUT2D eigenvalue weighted by Crippen LogP contribution is 2.15. The third-order valence-corrected chi connectivity index (χ3v) is 3.44. The predicted molar refractivity (Wildman–Crippen MR) is 68.4 cm³/mol. The Balaban J connectivity index is 1.91. The van der Waals surface area contributed by atoms with Gasteiger partial charge in [0.2, 0.25) is 5.91 Å². The van der Waals surface area contributed by atoms with Crippen molar-refractivity contribution in [1.82, 2.24) is 10.6 Å². The number of carbonyl (C=O) groups is 1. The van der Waals surface area contributed by atoms with Crippen LogP contribution in [0.3, 0.4) is 0 Å². The third-order valence-electron chi connectivity index (χ3n) is 3.44. The van der Waals surface area contributed by atoms with E-state index in [0.29, 0.717) is 5.92 Å². The number of rotatable bonds is 3. The minimum Gasteiger partial charge on any atom is -0.351 e. The van der Waals surface area contributed by atoms with Crippen molar-refractivity contribution in [2.24, 2.45) is 5.92 Å². The average molecular weight is 268 g/mol. The number of benzene rings is 1. The smallest absolute Gasteiger partial charge is 0.237 e. The maximum atomic E-state index is 13.4. The lowest BCUT2D eigenvalue weighted by atomic mass is 9.94. The first kappa shape index (κ1) is 13.9. The Morgan fingerprint density at radius 3 is 3.00 bits per heavy atom. The molecule has 1 heterocycles. The van der Waals surface area contributed by atoms with Crippen LogP contribution in [0.5, 0.6) is 0 Å². The van der Waals surface area contributed by atoms with Crippen LogP contribution >= 0.6 is 0 Å². The summed E-state index contributed by atoms with van der Waals surface area (Å²) in [6.45, 7) is 2.93. The molecule has 1 fully saturated rings. The first-order valence-electron chi connectivity index (χ1n) is 6.51. The molecule has 1 amide bonds. The number of piperidine rings is 1. The van der Waals surface area contributed by atoms with Gasteiger partial charge in [-0.25, -0.2) is 8.78 Å². The monoisotopic (exact) mass is 268 g/mol. The van der Waals surface area contributed by atoms with E-state index in [-0.39, 0.29) is 24.1 Å². The van der Waals surface area contributed by atoms with Gasteiger partial charge in [0.15, 0.2) is 0 Å². The van der Waals surface area contributed by atoms with Gasteiger partial charge in [0.1, 0.15) is 11.6 Å². The van der Waals surface area contributed by atoms with Crippen LogP contribution in [0.25, 0.3) is 0 Å². The van der Waals surface area contributed by atoms with E-state index in [1.807, 2.05) is 0 Å². The fourth-order valence-corrected chi connectivity index (χ4v) is 2.29. The minimum absolute atomic E-state index is 0.00892. The Hall–Kier alpha value is -1.49. The Labute approximate surface area is 111 Å². The second kappa shape index (κ2) is 6.10. The summed E-state index contributed by atoms with van der Waals surface area (Å²) in [5.41, 5.74) is 0.164. The molecule has 104 valence electrons. The van der Waals surface area contributed by atoms with Gasteiger partial charge < -0.3 is 10.6 Å². The van der Waals surface area contributed by atoms with Gasteiger partial charge in [-0.2, -0.15) is 0 Å². The van der Waals surface area contributed by atoms with E-state index in [2.05, 4.69) is 17.6 Å². The van der Waals surface area contributed by atoms with Crippen LogP contribution in [0.2, 0.25) is 0 Å². The van der Waals surface area contributed by atoms with Crippen molar-refractivity contribution in [3.05, 3.63) is 35.4 Å². The van der Waals surface area contributed by atoms with Crippen LogP contribution in [0.15, 0.2) is 18.2 Å². The van der Waals surface area contributed by atoms with Crippen molar-refractivity contribution in [3.63, 3.8) is 0 Å². The van der Waals surface area contributed by atoms with Crippen molar-refractivity contribution in [2.75, 3.05) is 6.54 Å². The lowest BCUT2D eigenvalue weighted by Crippen LogP contribution is -2.48. The van der Waals surface area contributed by atoms with Gasteiger partial charge >= 0.3 is 0 Å². The van der Waals surface area contributed by atoms with Gasteiger partial charge in [0.05, 0.1) is 6.04 Å². The van der Waals surface area contributed by atoms with Gasteiger partial charge in [-0.15, -0.1) is 0 Å². The summed E-state index contributed by atoms with van der Waals surface area (Å²) in [6, 6.07) is 3.00. The Bertz CT molecular complexity index is 465. The molecular formula is C14H18F2N2O. The molecule has 2 atom stereocenters. The number of hydrogen-bond acceptors (Lipinski definition) is 2. The van der Waals surface area contributed by atoms with Crippen LogP contribution in [-0.4, -0.2) is 18.5 Å². The molecule has 2 unspecified atom stereocenters. The van der Waals surface area contributed by atoms with E-state index in [9.17, 15) is 13.6 Å². The van der Waals surface area contributed by atoms with Gasteiger partial charge in [-0.05, 0) is 43.5 Å². The van der Waals surface area contributed by atoms with Gasteiger partial charge in [-0.1, -0.05) is 6.92 Å². The molecule has 0 saturated carbocycles. The Morgan fingerprint density at radius 2 is 2.26 bits per heavy atom. The summed E-state index contributed by atoms with van der Waals surface area (Å²) in [5, 5.41) is 5.78. The largest absolute Gasteiger partial charge is 0.351 e.